The fourth-order valence-electron chi connectivity index (χ4n) is 3.94. The highest BCUT2D eigenvalue weighted by molar-refractivity contribution is 5.75. The van der Waals surface area contributed by atoms with Gasteiger partial charge in [-0.05, 0) is 55.1 Å². The standard InChI is InChI=1S/C22H30N4O2/c1-15-5-3-6-18(16(15)2)7-4-10-26-13-20(25-14-26)19(22(27)28)11-17-8-9-21(23)24-12-17/h3,6,8-9,12-16,18-19H,4-5,7,10-11H2,1-2H3,(H2,23,24)(H,27,28). The third-order valence-corrected chi connectivity index (χ3v) is 6.01. The van der Waals surface area contributed by atoms with Gasteiger partial charge < -0.3 is 15.4 Å². The summed E-state index contributed by atoms with van der Waals surface area (Å²) < 4.78 is 2.01. The normalized spacial score (nSPS) is 22.9. The Bertz CT molecular complexity index is 812. The Labute approximate surface area is 166 Å². The molecule has 0 saturated heterocycles. The Kier molecular flexibility index (Phi) is 6.49. The van der Waals surface area contributed by atoms with Crippen molar-refractivity contribution in [3.8, 4) is 0 Å². The SMILES string of the molecule is CC1CC=CC(CCCn2cnc(C(Cc3ccc(N)nc3)C(=O)O)c2)C1C. The number of hydrogen-bond donors (Lipinski definition) is 2. The zero-order valence-corrected chi connectivity index (χ0v) is 16.7. The van der Waals surface area contributed by atoms with Crippen LogP contribution in [0, 0.1) is 17.8 Å². The van der Waals surface area contributed by atoms with Gasteiger partial charge in [-0.15, -0.1) is 0 Å². The number of rotatable bonds is 8. The molecule has 6 heteroatoms. The number of nitrogens with zero attached hydrogens (tertiary/aromatic N) is 3. The summed E-state index contributed by atoms with van der Waals surface area (Å²) in [4.78, 5) is 20.2. The Morgan fingerprint density at radius 2 is 2.18 bits per heavy atom. The van der Waals surface area contributed by atoms with Crippen LogP contribution < -0.4 is 5.73 Å². The maximum atomic E-state index is 11.8. The van der Waals surface area contributed by atoms with E-state index in [9.17, 15) is 9.90 Å². The summed E-state index contributed by atoms with van der Waals surface area (Å²) in [7, 11) is 0. The van der Waals surface area contributed by atoms with Gasteiger partial charge in [0.1, 0.15) is 11.7 Å². The van der Waals surface area contributed by atoms with Crippen molar-refractivity contribution in [1.82, 2.24) is 14.5 Å². The molecule has 150 valence electrons. The van der Waals surface area contributed by atoms with Gasteiger partial charge in [-0.1, -0.05) is 32.1 Å². The number of imidazole rings is 1. The number of anilines is 1. The van der Waals surface area contributed by atoms with Crippen LogP contribution in [0.5, 0.6) is 0 Å². The van der Waals surface area contributed by atoms with E-state index in [0.717, 1.165) is 30.9 Å². The second kappa shape index (κ2) is 9.04. The number of nitrogen functional groups attached to an aromatic ring is 1. The van der Waals surface area contributed by atoms with E-state index in [-0.39, 0.29) is 0 Å². The molecule has 3 rings (SSSR count). The van der Waals surface area contributed by atoms with Gasteiger partial charge in [0.05, 0.1) is 12.0 Å². The van der Waals surface area contributed by atoms with Gasteiger partial charge in [0.25, 0.3) is 0 Å². The summed E-state index contributed by atoms with van der Waals surface area (Å²) in [6.45, 7) is 5.53. The number of carboxylic acids is 1. The van der Waals surface area contributed by atoms with E-state index in [2.05, 4.69) is 36.0 Å². The van der Waals surface area contributed by atoms with Crippen LogP contribution in [0.4, 0.5) is 5.82 Å². The number of carbonyl (C=O) groups is 1. The maximum absolute atomic E-state index is 11.8. The second-order valence-electron chi connectivity index (χ2n) is 8.03. The molecular weight excluding hydrogens is 352 g/mol. The van der Waals surface area contributed by atoms with Gasteiger partial charge in [-0.3, -0.25) is 4.79 Å². The first-order chi connectivity index (χ1) is 13.4. The molecule has 4 unspecified atom stereocenters. The first-order valence-corrected chi connectivity index (χ1v) is 10.1. The molecule has 0 bridgehead atoms. The van der Waals surface area contributed by atoms with Crippen molar-refractivity contribution >= 4 is 11.8 Å². The molecule has 0 fully saturated rings. The molecule has 0 amide bonds. The lowest BCUT2D eigenvalue weighted by Gasteiger charge is -2.30. The number of allylic oxidation sites excluding steroid dienone is 2. The van der Waals surface area contributed by atoms with Crippen LogP contribution in [0.15, 0.2) is 43.0 Å². The van der Waals surface area contributed by atoms with Crippen LogP contribution in [0.3, 0.4) is 0 Å². The third kappa shape index (κ3) is 5.00. The zero-order valence-electron chi connectivity index (χ0n) is 16.7. The van der Waals surface area contributed by atoms with Gasteiger partial charge in [-0.25, -0.2) is 9.97 Å². The monoisotopic (exact) mass is 382 g/mol. The molecular formula is C22H30N4O2. The molecule has 0 radical (unpaired) electrons. The van der Waals surface area contributed by atoms with E-state index in [0.29, 0.717) is 29.8 Å². The molecule has 1 aliphatic rings. The van der Waals surface area contributed by atoms with Gasteiger partial charge in [0, 0.05) is 18.9 Å². The van der Waals surface area contributed by atoms with Gasteiger partial charge >= 0.3 is 5.97 Å². The van der Waals surface area contributed by atoms with Crippen molar-refractivity contribution in [1.29, 1.82) is 0 Å². The minimum Gasteiger partial charge on any atom is -0.481 e. The predicted octanol–water partition coefficient (Wildman–Crippen LogP) is 3.90. The highest BCUT2D eigenvalue weighted by atomic mass is 16.4. The van der Waals surface area contributed by atoms with Gasteiger partial charge in [0.15, 0.2) is 0 Å². The quantitative estimate of drug-likeness (QED) is 0.675. The lowest BCUT2D eigenvalue weighted by atomic mass is 9.76. The average Bonchev–Trinajstić information content (AvgIpc) is 3.13. The number of carboxylic acid groups (broad SMARTS) is 1. The van der Waals surface area contributed by atoms with E-state index in [1.165, 1.54) is 6.42 Å². The van der Waals surface area contributed by atoms with Crippen LogP contribution >= 0.6 is 0 Å². The molecule has 0 aromatic carbocycles. The molecule has 28 heavy (non-hydrogen) atoms. The van der Waals surface area contributed by atoms with Crippen molar-refractivity contribution < 1.29 is 9.90 Å². The minimum absolute atomic E-state index is 0.349. The number of pyridine rings is 1. The summed E-state index contributed by atoms with van der Waals surface area (Å²) >= 11 is 0. The first kappa shape index (κ1) is 20.1. The number of aromatic nitrogens is 3. The van der Waals surface area contributed by atoms with Crippen molar-refractivity contribution in [2.75, 3.05) is 5.73 Å². The zero-order chi connectivity index (χ0) is 20.1. The largest absolute Gasteiger partial charge is 0.481 e. The molecule has 0 saturated carbocycles. The maximum Gasteiger partial charge on any atom is 0.312 e. The Balaban J connectivity index is 1.58. The minimum atomic E-state index is -0.878. The van der Waals surface area contributed by atoms with Crippen LogP contribution in [0.25, 0.3) is 0 Å². The molecule has 2 aromatic heterocycles. The van der Waals surface area contributed by atoms with Crippen LogP contribution in [0.1, 0.15) is 50.3 Å². The molecule has 6 nitrogen and oxygen atoms in total. The van der Waals surface area contributed by atoms with Crippen LogP contribution in [0.2, 0.25) is 0 Å². The van der Waals surface area contributed by atoms with E-state index in [1.54, 1.807) is 18.6 Å². The summed E-state index contributed by atoms with van der Waals surface area (Å²) in [5, 5.41) is 9.65. The molecule has 4 atom stereocenters. The fraction of sp³-hybridized carbons (Fsp3) is 0.500. The summed E-state index contributed by atoms with van der Waals surface area (Å²) in [5.74, 6) is 0.960. The smallest absolute Gasteiger partial charge is 0.312 e. The topological polar surface area (TPSA) is 94.0 Å². The van der Waals surface area contributed by atoms with Gasteiger partial charge in [-0.2, -0.15) is 0 Å². The highest BCUT2D eigenvalue weighted by Crippen LogP contribution is 2.32. The van der Waals surface area contributed by atoms with E-state index >= 15 is 0 Å². The summed E-state index contributed by atoms with van der Waals surface area (Å²) in [6.07, 6.45) is 13.7. The number of hydrogen-bond acceptors (Lipinski definition) is 4. The molecule has 2 heterocycles. The van der Waals surface area contributed by atoms with Crippen LogP contribution in [-0.2, 0) is 17.8 Å². The number of aliphatic carboxylic acids is 1. The Morgan fingerprint density at radius 1 is 1.36 bits per heavy atom. The van der Waals surface area contributed by atoms with Gasteiger partial charge in [0.2, 0.25) is 0 Å². The van der Waals surface area contributed by atoms with E-state index in [1.807, 2.05) is 16.8 Å². The van der Waals surface area contributed by atoms with Crippen molar-refractivity contribution in [3.05, 3.63) is 54.3 Å². The summed E-state index contributed by atoms with van der Waals surface area (Å²) in [6, 6.07) is 3.50. The number of aryl methyl sites for hydroxylation is 1. The van der Waals surface area contributed by atoms with Crippen LogP contribution in [-0.4, -0.2) is 25.6 Å². The van der Waals surface area contributed by atoms with Crippen molar-refractivity contribution in [3.63, 3.8) is 0 Å². The molecule has 2 aromatic rings. The van der Waals surface area contributed by atoms with E-state index < -0.39 is 11.9 Å². The molecule has 0 spiro atoms. The molecule has 3 N–H and O–H groups in total. The Morgan fingerprint density at radius 3 is 2.89 bits per heavy atom. The highest BCUT2D eigenvalue weighted by Gasteiger charge is 2.24. The molecule has 1 aliphatic carbocycles. The Hall–Kier alpha value is -2.63. The fourth-order valence-corrected chi connectivity index (χ4v) is 3.94. The average molecular weight is 383 g/mol. The second-order valence-corrected chi connectivity index (χ2v) is 8.03. The lowest BCUT2D eigenvalue weighted by Crippen LogP contribution is -2.20. The lowest BCUT2D eigenvalue weighted by molar-refractivity contribution is -0.138. The predicted molar refractivity (Wildman–Crippen MR) is 110 cm³/mol. The molecule has 0 aliphatic heterocycles. The van der Waals surface area contributed by atoms with E-state index in [4.69, 9.17) is 5.73 Å². The summed E-state index contributed by atoms with van der Waals surface area (Å²) in [5.41, 5.74) is 7.02. The van der Waals surface area contributed by atoms with Crippen molar-refractivity contribution in [2.24, 2.45) is 17.8 Å². The van der Waals surface area contributed by atoms with Crippen molar-refractivity contribution in [2.45, 2.75) is 52.0 Å². The third-order valence-electron chi connectivity index (χ3n) is 6.01. The number of nitrogens with two attached hydrogens (primary N) is 1. The first-order valence-electron chi connectivity index (χ1n) is 10.1.